The second-order valence-corrected chi connectivity index (χ2v) is 7.75. The van der Waals surface area contributed by atoms with E-state index in [1.165, 1.54) is 0 Å². The normalized spacial score (nSPS) is 25.5. The lowest BCUT2D eigenvalue weighted by molar-refractivity contribution is 0.0775. The first-order valence-electron chi connectivity index (χ1n) is 9.04. The van der Waals surface area contributed by atoms with Crippen LogP contribution in [0.3, 0.4) is 0 Å². The first kappa shape index (κ1) is 20.5. The molecule has 1 aromatic rings. The number of methoxy groups -OCH3 is 1. The van der Waals surface area contributed by atoms with Crippen LogP contribution in [0.2, 0.25) is 0 Å². The van der Waals surface area contributed by atoms with Gasteiger partial charge in [-0.05, 0) is 49.9 Å². The number of benzene rings is 1. The molecule has 0 heterocycles. The summed E-state index contributed by atoms with van der Waals surface area (Å²) in [7, 11) is 1.60. The fourth-order valence-electron chi connectivity index (χ4n) is 4.00. The van der Waals surface area contributed by atoms with Crippen molar-refractivity contribution in [3.8, 4) is 11.8 Å². The molecule has 0 bridgehead atoms. The van der Waals surface area contributed by atoms with E-state index in [2.05, 4.69) is 22.8 Å². The van der Waals surface area contributed by atoms with E-state index in [0.717, 1.165) is 22.3 Å². The second-order valence-electron chi connectivity index (χ2n) is 7.75. The Balaban J connectivity index is 2.45. The van der Waals surface area contributed by atoms with Crippen LogP contribution in [-0.4, -0.2) is 36.1 Å². The van der Waals surface area contributed by atoms with Gasteiger partial charge in [0.1, 0.15) is 6.61 Å². The highest BCUT2D eigenvalue weighted by atomic mass is 16.5. The van der Waals surface area contributed by atoms with Crippen molar-refractivity contribution in [2.75, 3.05) is 13.7 Å². The van der Waals surface area contributed by atoms with Gasteiger partial charge in [-0.1, -0.05) is 18.1 Å². The van der Waals surface area contributed by atoms with Gasteiger partial charge in [0, 0.05) is 25.9 Å². The van der Waals surface area contributed by atoms with E-state index in [1.54, 1.807) is 21.0 Å². The van der Waals surface area contributed by atoms with Crippen molar-refractivity contribution in [2.45, 2.75) is 64.2 Å². The van der Waals surface area contributed by atoms with Gasteiger partial charge in [0.15, 0.2) is 0 Å². The Hall–Kier alpha value is -1.85. The molecule has 1 aliphatic carbocycles. The fourth-order valence-corrected chi connectivity index (χ4v) is 4.00. The largest absolute Gasteiger partial charge is 0.392 e. The average molecular weight is 355 g/mol. The average Bonchev–Trinajstić information content (AvgIpc) is 2.88. The van der Waals surface area contributed by atoms with Crippen molar-refractivity contribution in [1.29, 1.82) is 0 Å². The van der Waals surface area contributed by atoms with Crippen LogP contribution < -0.4 is 0 Å². The maximum atomic E-state index is 10.7. The number of rotatable bonds is 4. The van der Waals surface area contributed by atoms with E-state index < -0.39 is 11.7 Å². The minimum atomic E-state index is -0.957. The quantitative estimate of drug-likeness (QED) is 0.643. The van der Waals surface area contributed by atoms with Crippen LogP contribution in [0, 0.1) is 38.2 Å². The maximum absolute atomic E-state index is 10.7. The van der Waals surface area contributed by atoms with E-state index in [4.69, 9.17) is 11.3 Å². The van der Waals surface area contributed by atoms with Gasteiger partial charge in [-0.25, -0.2) is 6.57 Å². The monoisotopic (exact) mass is 355 g/mol. The summed E-state index contributed by atoms with van der Waals surface area (Å²) in [6, 6.07) is 3.84. The Morgan fingerprint density at radius 1 is 1.31 bits per heavy atom. The van der Waals surface area contributed by atoms with Gasteiger partial charge >= 0.3 is 0 Å². The van der Waals surface area contributed by atoms with Crippen LogP contribution >= 0.6 is 0 Å². The SMILES string of the molecule is [C-]#[N+][C@@H]1C[C@@H](O)C(c2cc(C)c(C)c(C(C)(C)O)c2)C1CC#CCOC. The molecule has 0 amide bonds. The summed E-state index contributed by atoms with van der Waals surface area (Å²) in [6.45, 7) is 15.5. The topological polar surface area (TPSA) is 54.0 Å². The van der Waals surface area contributed by atoms with Crippen LogP contribution in [0.15, 0.2) is 12.1 Å². The molecule has 0 spiro atoms. The summed E-state index contributed by atoms with van der Waals surface area (Å²) in [5.74, 6) is 5.89. The third kappa shape index (κ3) is 4.27. The van der Waals surface area contributed by atoms with Crippen LogP contribution in [0.1, 0.15) is 54.9 Å². The summed E-state index contributed by atoms with van der Waals surface area (Å²) in [5, 5.41) is 21.2. The lowest BCUT2D eigenvalue weighted by Gasteiger charge is -2.27. The fraction of sp³-hybridized carbons (Fsp3) is 0.591. The van der Waals surface area contributed by atoms with Gasteiger partial charge in [0.25, 0.3) is 0 Å². The molecule has 2 N–H and O–H groups in total. The van der Waals surface area contributed by atoms with Gasteiger partial charge < -0.3 is 19.8 Å². The number of aliphatic hydroxyl groups excluding tert-OH is 1. The number of nitrogens with zero attached hydrogens (tertiary/aromatic N) is 1. The van der Waals surface area contributed by atoms with Crippen molar-refractivity contribution < 1.29 is 14.9 Å². The number of hydrogen-bond donors (Lipinski definition) is 2. The number of hydrogen-bond acceptors (Lipinski definition) is 3. The Morgan fingerprint density at radius 2 is 2.00 bits per heavy atom. The molecule has 26 heavy (non-hydrogen) atoms. The third-order valence-electron chi connectivity index (χ3n) is 5.43. The van der Waals surface area contributed by atoms with Crippen molar-refractivity contribution in [3.63, 3.8) is 0 Å². The molecule has 2 rings (SSSR count). The maximum Gasteiger partial charge on any atom is 0.230 e. The molecule has 1 aromatic carbocycles. The second kappa shape index (κ2) is 8.23. The highest BCUT2D eigenvalue weighted by Gasteiger charge is 2.47. The summed E-state index contributed by atoms with van der Waals surface area (Å²) >= 11 is 0. The van der Waals surface area contributed by atoms with Crippen molar-refractivity contribution in [3.05, 3.63) is 45.8 Å². The third-order valence-corrected chi connectivity index (χ3v) is 5.43. The molecule has 1 aliphatic rings. The summed E-state index contributed by atoms with van der Waals surface area (Å²) in [5.41, 5.74) is 3.05. The first-order chi connectivity index (χ1) is 12.2. The molecule has 4 atom stereocenters. The highest BCUT2D eigenvalue weighted by Crippen LogP contribution is 2.44. The minimum Gasteiger partial charge on any atom is -0.392 e. The molecule has 0 saturated heterocycles. The summed E-state index contributed by atoms with van der Waals surface area (Å²) in [6.07, 6.45) is 0.457. The molecule has 0 aliphatic heterocycles. The molecule has 140 valence electrons. The van der Waals surface area contributed by atoms with E-state index in [9.17, 15) is 10.2 Å². The zero-order valence-corrected chi connectivity index (χ0v) is 16.3. The molecule has 4 heteroatoms. The standard InChI is InChI=1S/C22H29NO3/c1-14-11-16(12-18(15(14)2)22(3,4)25)21-17(9-7-8-10-26-6)19(23-5)13-20(21)24/h11-12,17,19-21,24-25H,9-10,13H2,1-4,6H3/t17?,19-,20-,21?/m1/s1. The van der Waals surface area contributed by atoms with Crippen LogP contribution in [0.5, 0.6) is 0 Å². The minimum absolute atomic E-state index is 0.0244. The number of ether oxygens (including phenoxy) is 1. The van der Waals surface area contributed by atoms with Gasteiger partial charge in [-0.15, -0.1) is 5.92 Å². The summed E-state index contributed by atoms with van der Waals surface area (Å²) < 4.78 is 4.96. The van der Waals surface area contributed by atoms with Crippen LogP contribution in [0.25, 0.3) is 4.85 Å². The first-order valence-corrected chi connectivity index (χ1v) is 9.04. The number of aryl methyl sites for hydroxylation is 1. The van der Waals surface area contributed by atoms with E-state index >= 15 is 0 Å². The van der Waals surface area contributed by atoms with E-state index in [0.29, 0.717) is 19.4 Å². The lowest BCUT2D eigenvalue weighted by atomic mass is 9.80. The van der Waals surface area contributed by atoms with Gasteiger partial charge in [-0.2, -0.15) is 0 Å². The molecule has 0 radical (unpaired) electrons. The molecular formula is C22H29NO3. The van der Waals surface area contributed by atoms with Gasteiger partial charge in [0.2, 0.25) is 6.04 Å². The van der Waals surface area contributed by atoms with Crippen molar-refractivity contribution >= 4 is 0 Å². The van der Waals surface area contributed by atoms with Gasteiger partial charge in [-0.3, -0.25) is 0 Å². The lowest BCUT2D eigenvalue weighted by Crippen LogP contribution is -2.22. The van der Waals surface area contributed by atoms with E-state index in [-0.39, 0.29) is 17.9 Å². The molecule has 1 fully saturated rings. The zero-order valence-electron chi connectivity index (χ0n) is 16.3. The van der Waals surface area contributed by atoms with Crippen molar-refractivity contribution in [2.24, 2.45) is 5.92 Å². The summed E-state index contributed by atoms with van der Waals surface area (Å²) in [4.78, 5) is 3.75. The van der Waals surface area contributed by atoms with Crippen LogP contribution in [-0.2, 0) is 10.3 Å². The molecule has 0 aromatic heterocycles. The number of aliphatic hydroxyl groups is 2. The molecule has 2 unspecified atom stereocenters. The van der Waals surface area contributed by atoms with E-state index in [1.807, 2.05) is 19.9 Å². The zero-order chi connectivity index (χ0) is 19.5. The predicted molar refractivity (Wildman–Crippen MR) is 103 cm³/mol. The van der Waals surface area contributed by atoms with Gasteiger partial charge in [0.05, 0.1) is 17.6 Å². The van der Waals surface area contributed by atoms with Crippen LogP contribution in [0.4, 0.5) is 0 Å². The molecule has 1 saturated carbocycles. The Kier molecular flexibility index (Phi) is 6.48. The predicted octanol–water partition coefficient (Wildman–Crippen LogP) is 3.32. The van der Waals surface area contributed by atoms with Crippen molar-refractivity contribution in [1.82, 2.24) is 0 Å². The Bertz CT molecular complexity index is 746. The highest BCUT2D eigenvalue weighted by molar-refractivity contribution is 5.43. The molecule has 4 nitrogen and oxygen atoms in total. The Labute approximate surface area is 157 Å². The smallest absolute Gasteiger partial charge is 0.230 e. The molecular weight excluding hydrogens is 326 g/mol. The Morgan fingerprint density at radius 3 is 2.58 bits per heavy atom.